The van der Waals surface area contributed by atoms with Gasteiger partial charge in [0.1, 0.15) is 0 Å². The van der Waals surface area contributed by atoms with Gasteiger partial charge in [-0.2, -0.15) is 22.2 Å². The fourth-order valence-electron chi connectivity index (χ4n) is 3.84. The molecule has 0 saturated carbocycles. The van der Waals surface area contributed by atoms with Crippen molar-refractivity contribution < 1.29 is 0 Å². The summed E-state index contributed by atoms with van der Waals surface area (Å²) in [5.74, 6) is 0. The summed E-state index contributed by atoms with van der Waals surface area (Å²) in [5.41, 5.74) is 1.90. The Labute approximate surface area is 180 Å². The van der Waals surface area contributed by atoms with Crippen molar-refractivity contribution in [1.82, 2.24) is 0 Å². The minimum atomic E-state index is -1.60. The highest BCUT2D eigenvalue weighted by Crippen LogP contribution is 2.28. The van der Waals surface area contributed by atoms with E-state index < -0.39 is 7.42 Å². The minimum absolute atomic E-state index is 0.521. The second-order valence-corrected chi connectivity index (χ2v) is 13.3. The monoisotopic (exact) mass is 428 g/mol. The molecule has 0 bridgehead atoms. The van der Waals surface area contributed by atoms with Gasteiger partial charge in [-0.05, 0) is 17.5 Å². The van der Waals surface area contributed by atoms with Crippen molar-refractivity contribution >= 4 is 29.6 Å². The molecule has 0 spiro atoms. The van der Waals surface area contributed by atoms with Crippen LogP contribution in [0.3, 0.4) is 0 Å². The van der Waals surface area contributed by atoms with Crippen molar-refractivity contribution in [2.75, 3.05) is 0 Å². The van der Waals surface area contributed by atoms with Crippen molar-refractivity contribution in [3.8, 4) is 0 Å². The molecule has 0 nitrogen and oxygen atoms in total. The van der Waals surface area contributed by atoms with Gasteiger partial charge in [0.25, 0.3) is 0 Å². The summed E-state index contributed by atoms with van der Waals surface area (Å²) in [4.78, 5) is 0. The molecule has 1 atom stereocenters. The van der Waals surface area contributed by atoms with E-state index >= 15 is 0 Å². The lowest BCUT2D eigenvalue weighted by Crippen LogP contribution is -2.10. The largest absolute Gasteiger partial charge is 0.240 e. The second-order valence-electron chi connectivity index (χ2n) is 8.17. The predicted octanol–water partition coefficient (Wildman–Crippen LogP) is 9.17. The summed E-state index contributed by atoms with van der Waals surface area (Å²) in [6, 6.07) is 10.7. The maximum atomic E-state index is 6.36. The van der Waals surface area contributed by atoms with Gasteiger partial charge in [0, 0.05) is 0 Å². The molecule has 0 saturated heterocycles. The first kappa shape index (κ1) is 25.1. The maximum Gasteiger partial charge on any atom is 0.240 e. The molecule has 27 heavy (non-hydrogen) atoms. The summed E-state index contributed by atoms with van der Waals surface area (Å²) < 4.78 is 0. The molecular weight excluding hydrogens is 387 g/mol. The van der Waals surface area contributed by atoms with Crippen molar-refractivity contribution in [2.24, 2.45) is 0 Å². The zero-order chi connectivity index (χ0) is 19.6. The fourth-order valence-corrected chi connectivity index (χ4v) is 6.06. The van der Waals surface area contributed by atoms with Gasteiger partial charge in [-0.15, -0.1) is 0 Å². The lowest BCUT2D eigenvalue weighted by atomic mass is 10.0. The molecule has 3 heteroatoms. The van der Waals surface area contributed by atoms with Crippen molar-refractivity contribution in [3.05, 3.63) is 35.9 Å². The summed E-state index contributed by atoms with van der Waals surface area (Å²) in [7, 11) is -1.60. The van der Waals surface area contributed by atoms with E-state index in [9.17, 15) is 0 Å². The Bertz CT molecular complexity index is 422. The van der Waals surface area contributed by atoms with E-state index in [0.29, 0.717) is 5.54 Å². The topological polar surface area (TPSA) is 0 Å². The summed E-state index contributed by atoms with van der Waals surface area (Å²) in [6.45, 7) is 2.29. The highest BCUT2D eigenvalue weighted by molar-refractivity contribution is 7.34. The average Bonchev–Trinajstić information content (AvgIpc) is 2.68. The molecule has 0 aliphatic carbocycles. The smallest absolute Gasteiger partial charge is 0.150 e. The number of unbranched alkanes of at least 4 members (excludes halogenated alkanes) is 13. The summed E-state index contributed by atoms with van der Waals surface area (Å²) in [5, 5.41) is 0. The molecule has 1 rings (SSSR count). The van der Waals surface area contributed by atoms with Gasteiger partial charge >= 0.3 is 0 Å². The van der Waals surface area contributed by atoms with Gasteiger partial charge in [-0.25, -0.2) is 0 Å². The molecule has 1 aromatic carbocycles. The van der Waals surface area contributed by atoms with Crippen molar-refractivity contribution in [2.45, 2.75) is 115 Å². The normalized spacial score (nSPS) is 12.6. The molecule has 0 aromatic heterocycles. The number of hydrogen-bond donors (Lipinski definition) is 0. The number of halogens is 2. The zero-order valence-electron chi connectivity index (χ0n) is 17.6. The Hall–Kier alpha value is 0.0169. The standard InChI is InChI=1S/C24H42Cl2Si/c1-2-3-4-5-6-7-8-9-10-11-12-13-14-18-21-24(27(25)26)22-23-19-16-15-17-20-23/h15-17,19-20,24,27H,2-14,18,21-22H2,1H3. The molecule has 0 amide bonds. The van der Waals surface area contributed by atoms with Crippen LogP contribution in [0.1, 0.15) is 109 Å². The molecule has 0 heterocycles. The molecule has 156 valence electrons. The summed E-state index contributed by atoms with van der Waals surface area (Å²) in [6.07, 6.45) is 22.0. The van der Waals surface area contributed by atoms with E-state index in [1.165, 1.54) is 102 Å². The Kier molecular flexibility index (Phi) is 16.8. The molecule has 1 unspecified atom stereocenters. The SMILES string of the molecule is CCCCCCCCCCCCCCCCC(Cc1ccccc1)[SiH](Cl)Cl. The number of benzene rings is 1. The lowest BCUT2D eigenvalue weighted by molar-refractivity contribution is 0.529. The van der Waals surface area contributed by atoms with E-state index in [1.54, 1.807) is 0 Å². The third-order valence-corrected chi connectivity index (χ3v) is 9.05. The number of hydrogen-bond acceptors (Lipinski definition) is 0. The molecule has 0 fully saturated rings. The first-order valence-corrected chi connectivity index (χ1v) is 15.7. The quantitative estimate of drug-likeness (QED) is 0.124. The fraction of sp³-hybridized carbons (Fsp3) is 0.750. The minimum Gasteiger partial charge on any atom is -0.150 e. The Morgan fingerprint density at radius 3 is 1.56 bits per heavy atom. The van der Waals surface area contributed by atoms with Gasteiger partial charge in [0.05, 0.1) is 0 Å². The van der Waals surface area contributed by atoms with E-state index in [-0.39, 0.29) is 0 Å². The van der Waals surface area contributed by atoms with Crippen LogP contribution < -0.4 is 0 Å². The van der Waals surface area contributed by atoms with Crippen LogP contribution in [0.4, 0.5) is 0 Å². The van der Waals surface area contributed by atoms with Gasteiger partial charge in [-0.3, -0.25) is 0 Å². The van der Waals surface area contributed by atoms with Gasteiger partial charge in [0.2, 0.25) is 7.42 Å². The first-order valence-electron chi connectivity index (χ1n) is 11.6. The Morgan fingerprint density at radius 1 is 0.667 bits per heavy atom. The van der Waals surface area contributed by atoms with Crippen molar-refractivity contribution in [3.63, 3.8) is 0 Å². The second kappa shape index (κ2) is 18.1. The summed E-state index contributed by atoms with van der Waals surface area (Å²) >= 11 is 12.7. The molecule has 0 aliphatic heterocycles. The van der Waals surface area contributed by atoms with Gasteiger partial charge < -0.3 is 0 Å². The van der Waals surface area contributed by atoms with Crippen LogP contribution in [-0.4, -0.2) is 7.42 Å². The lowest BCUT2D eigenvalue weighted by Gasteiger charge is -2.16. The van der Waals surface area contributed by atoms with Gasteiger partial charge in [-0.1, -0.05) is 134 Å². The Balaban J connectivity index is 1.92. The van der Waals surface area contributed by atoms with Crippen LogP contribution in [-0.2, 0) is 6.42 Å². The highest BCUT2D eigenvalue weighted by atomic mass is 35.7. The van der Waals surface area contributed by atoms with Crippen LogP contribution in [0.2, 0.25) is 5.54 Å². The third kappa shape index (κ3) is 14.6. The van der Waals surface area contributed by atoms with Gasteiger partial charge in [0.15, 0.2) is 0 Å². The van der Waals surface area contributed by atoms with E-state index in [2.05, 4.69) is 37.3 Å². The number of rotatable bonds is 18. The van der Waals surface area contributed by atoms with Crippen molar-refractivity contribution in [1.29, 1.82) is 0 Å². The molecule has 1 aromatic rings. The highest BCUT2D eigenvalue weighted by Gasteiger charge is 2.19. The van der Waals surface area contributed by atoms with E-state index in [4.69, 9.17) is 22.2 Å². The predicted molar refractivity (Wildman–Crippen MR) is 128 cm³/mol. The van der Waals surface area contributed by atoms with E-state index in [1.807, 2.05) is 0 Å². The van der Waals surface area contributed by atoms with Crippen LogP contribution in [0.5, 0.6) is 0 Å². The molecular formula is C24H42Cl2Si. The van der Waals surface area contributed by atoms with Crippen LogP contribution in [0.25, 0.3) is 0 Å². The molecule has 0 aliphatic rings. The maximum absolute atomic E-state index is 6.36. The first-order chi connectivity index (χ1) is 13.2. The van der Waals surface area contributed by atoms with Crippen LogP contribution in [0.15, 0.2) is 30.3 Å². The molecule has 0 N–H and O–H groups in total. The van der Waals surface area contributed by atoms with Crippen LogP contribution in [0, 0.1) is 0 Å². The average molecular weight is 430 g/mol. The zero-order valence-corrected chi connectivity index (χ0v) is 20.3. The van der Waals surface area contributed by atoms with Crippen LogP contribution >= 0.6 is 22.2 Å². The Morgan fingerprint density at radius 2 is 1.11 bits per heavy atom. The van der Waals surface area contributed by atoms with E-state index in [0.717, 1.165) is 6.42 Å². The third-order valence-electron chi connectivity index (χ3n) is 5.63. The molecule has 0 radical (unpaired) electrons.